The molecule has 1 aromatic heterocycles. The molecule has 0 saturated carbocycles. The zero-order valence-corrected chi connectivity index (χ0v) is 14.5. The highest BCUT2D eigenvalue weighted by Crippen LogP contribution is 2.36. The smallest absolute Gasteiger partial charge is 0.264 e. The van der Waals surface area contributed by atoms with Gasteiger partial charge in [-0.3, -0.25) is 18.8 Å². The van der Waals surface area contributed by atoms with E-state index in [1.54, 1.807) is 30.4 Å². The first-order valence-electron chi connectivity index (χ1n) is 7.57. The fourth-order valence-electron chi connectivity index (χ4n) is 2.74. The summed E-state index contributed by atoms with van der Waals surface area (Å²) < 4.78 is 26.3. The molecule has 0 spiro atoms. The molecular formula is C15H21N3O5S. The van der Waals surface area contributed by atoms with E-state index in [0.717, 1.165) is 11.8 Å². The Labute approximate surface area is 141 Å². The number of carbonyl (C=O) groups excluding carboxylic acids is 2. The van der Waals surface area contributed by atoms with Gasteiger partial charge in [-0.2, -0.15) is 8.42 Å². The Morgan fingerprint density at radius 3 is 2.88 bits per heavy atom. The molecule has 8 nitrogen and oxygen atoms in total. The van der Waals surface area contributed by atoms with Crippen LogP contribution in [0.15, 0.2) is 24.5 Å². The number of hydrogen-bond donors (Lipinski definition) is 1. The van der Waals surface area contributed by atoms with Crippen LogP contribution in [-0.2, 0) is 23.9 Å². The minimum atomic E-state index is -3.47. The van der Waals surface area contributed by atoms with Crippen molar-refractivity contribution in [3.8, 4) is 0 Å². The lowest BCUT2D eigenvalue weighted by atomic mass is 9.94. The lowest BCUT2D eigenvalue weighted by Gasteiger charge is -2.24. The summed E-state index contributed by atoms with van der Waals surface area (Å²) in [5.41, 5.74) is 0.811. The van der Waals surface area contributed by atoms with Crippen molar-refractivity contribution in [1.82, 2.24) is 15.2 Å². The largest absolute Gasteiger partial charge is 0.356 e. The van der Waals surface area contributed by atoms with Crippen molar-refractivity contribution in [2.24, 2.45) is 5.92 Å². The first-order chi connectivity index (χ1) is 11.3. The van der Waals surface area contributed by atoms with Gasteiger partial charge in [-0.15, -0.1) is 0 Å². The van der Waals surface area contributed by atoms with Crippen LogP contribution in [0.4, 0.5) is 0 Å². The van der Waals surface area contributed by atoms with Crippen molar-refractivity contribution >= 4 is 21.9 Å². The van der Waals surface area contributed by atoms with Crippen molar-refractivity contribution in [3.05, 3.63) is 30.1 Å². The van der Waals surface area contributed by atoms with Gasteiger partial charge in [0, 0.05) is 32.4 Å². The number of amides is 2. The third kappa shape index (κ3) is 4.75. The molecule has 132 valence electrons. The Balaban J connectivity index is 1.93. The molecule has 1 aliphatic rings. The average molecular weight is 355 g/mol. The predicted molar refractivity (Wildman–Crippen MR) is 86.3 cm³/mol. The van der Waals surface area contributed by atoms with E-state index in [0.29, 0.717) is 6.42 Å². The molecule has 0 aliphatic carbocycles. The molecule has 0 aromatic carbocycles. The molecule has 1 aromatic rings. The molecule has 0 bridgehead atoms. The molecule has 2 amide bonds. The fraction of sp³-hybridized carbons (Fsp3) is 0.533. The van der Waals surface area contributed by atoms with Crippen LogP contribution in [-0.4, -0.2) is 56.6 Å². The monoisotopic (exact) mass is 355 g/mol. The summed E-state index contributed by atoms with van der Waals surface area (Å²) in [6, 6.07) is 3.26. The molecule has 1 aliphatic heterocycles. The summed E-state index contributed by atoms with van der Waals surface area (Å²) in [4.78, 5) is 30.0. The van der Waals surface area contributed by atoms with Gasteiger partial charge in [0.2, 0.25) is 11.8 Å². The number of aromatic nitrogens is 1. The van der Waals surface area contributed by atoms with Gasteiger partial charge in [0.1, 0.15) is 0 Å². The van der Waals surface area contributed by atoms with E-state index in [1.807, 2.05) is 6.07 Å². The van der Waals surface area contributed by atoms with Gasteiger partial charge in [-0.1, -0.05) is 6.07 Å². The average Bonchev–Trinajstić information content (AvgIpc) is 2.82. The molecule has 1 saturated heterocycles. The highest BCUT2D eigenvalue weighted by Gasteiger charge is 2.42. The van der Waals surface area contributed by atoms with Crippen molar-refractivity contribution in [1.29, 1.82) is 0 Å². The number of pyridine rings is 1. The quantitative estimate of drug-likeness (QED) is 0.549. The van der Waals surface area contributed by atoms with E-state index in [4.69, 9.17) is 0 Å². The van der Waals surface area contributed by atoms with Gasteiger partial charge in [0.15, 0.2) is 0 Å². The van der Waals surface area contributed by atoms with Crippen LogP contribution in [0, 0.1) is 5.92 Å². The molecule has 24 heavy (non-hydrogen) atoms. The second-order valence-corrected chi connectivity index (χ2v) is 7.36. The van der Waals surface area contributed by atoms with E-state index < -0.39 is 16.0 Å². The van der Waals surface area contributed by atoms with E-state index in [9.17, 15) is 18.0 Å². The van der Waals surface area contributed by atoms with Gasteiger partial charge in [-0.05, 0) is 18.1 Å². The van der Waals surface area contributed by atoms with Crippen molar-refractivity contribution in [3.63, 3.8) is 0 Å². The van der Waals surface area contributed by atoms with E-state index in [2.05, 4.69) is 14.5 Å². The molecule has 2 heterocycles. The van der Waals surface area contributed by atoms with Crippen molar-refractivity contribution in [2.75, 3.05) is 26.5 Å². The Morgan fingerprint density at radius 1 is 1.50 bits per heavy atom. The molecular weight excluding hydrogens is 334 g/mol. The van der Waals surface area contributed by atoms with Crippen molar-refractivity contribution in [2.45, 2.75) is 18.9 Å². The Hall–Kier alpha value is -2.00. The Morgan fingerprint density at radius 2 is 2.25 bits per heavy atom. The maximum atomic E-state index is 12.4. The second-order valence-electron chi connectivity index (χ2n) is 5.72. The summed E-state index contributed by atoms with van der Waals surface area (Å²) in [7, 11) is -1.80. The second kappa shape index (κ2) is 7.71. The van der Waals surface area contributed by atoms with E-state index in [-0.39, 0.29) is 37.4 Å². The van der Waals surface area contributed by atoms with Crippen LogP contribution in [0.5, 0.6) is 0 Å². The standard InChI is InChI=1S/C15H21N3O5S/c1-18-13(19)9-12(14(18)11-5-3-6-16-10-11)15(20)17-7-4-8-23-24(2,21)22/h3,5-6,10,12,14H,4,7-9H2,1-2H3,(H,17,20)/t12-,14+/m0/s1. The Kier molecular flexibility index (Phi) is 5.89. The molecule has 2 rings (SSSR count). The number of hydrogen-bond acceptors (Lipinski definition) is 6. The predicted octanol–water partition coefficient (Wildman–Crippen LogP) is 0.0835. The van der Waals surface area contributed by atoms with Crippen LogP contribution in [0.1, 0.15) is 24.4 Å². The minimum Gasteiger partial charge on any atom is -0.356 e. The number of likely N-dealkylation sites (tertiary alicyclic amines) is 1. The molecule has 9 heteroatoms. The Bertz CT molecular complexity index is 692. The first kappa shape index (κ1) is 18.3. The number of rotatable bonds is 7. The summed E-state index contributed by atoms with van der Waals surface area (Å²) >= 11 is 0. The minimum absolute atomic E-state index is 0.00858. The summed E-state index contributed by atoms with van der Waals surface area (Å²) in [6.45, 7) is 0.289. The SMILES string of the molecule is CN1C(=O)C[C@H](C(=O)NCCCOS(C)(=O)=O)[C@H]1c1cccnc1. The topological polar surface area (TPSA) is 106 Å². The van der Waals surface area contributed by atoms with Crippen LogP contribution >= 0.6 is 0 Å². The maximum Gasteiger partial charge on any atom is 0.264 e. The zero-order valence-electron chi connectivity index (χ0n) is 13.6. The summed E-state index contributed by atoms with van der Waals surface area (Å²) in [5, 5.41) is 2.74. The molecule has 1 N–H and O–H groups in total. The number of carbonyl (C=O) groups is 2. The highest BCUT2D eigenvalue weighted by atomic mass is 32.2. The molecule has 0 radical (unpaired) electrons. The third-order valence-corrected chi connectivity index (χ3v) is 4.46. The van der Waals surface area contributed by atoms with Gasteiger partial charge < -0.3 is 10.2 Å². The molecule has 1 fully saturated rings. The van der Waals surface area contributed by atoms with E-state index in [1.165, 1.54) is 0 Å². The summed E-state index contributed by atoms with van der Waals surface area (Å²) in [5.74, 6) is -0.826. The molecule has 2 atom stereocenters. The number of nitrogens with zero attached hydrogens (tertiary/aromatic N) is 2. The van der Waals surface area contributed by atoms with Crippen LogP contribution in [0.2, 0.25) is 0 Å². The van der Waals surface area contributed by atoms with Crippen LogP contribution < -0.4 is 5.32 Å². The van der Waals surface area contributed by atoms with Crippen LogP contribution in [0.25, 0.3) is 0 Å². The van der Waals surface area contributed by atoms with Gasteiger partial charge in [-0.25, -0.2) is 0 Å². The van der Waals surface area contributed by atoms with Crippen LogP contribution in [0.3, 0.4) is 0 Å². The molecule has 0 unspecified atom stereocenters. The van der Waals surface area contributed by atoms with Gasteiger partial charge >= 0.3 is 0 Å². The lowest BCUT2D eigenvalue weighted by Crippen LogP contribution is -2.35. The van der Waals surface area contributed by atoms with E-state index >= 15 is 0 Å². The maximum absolute atomic E-state index is 12.4. The number of nitrogens with one attached hydrogen (secondary N) is 1. The van der Waals surface area contributed by atoms with Gasteiger partial charge in [0.05, 0.1) is 24.8 Å². The lowest BCUT2D eigenvalue weighted by molar-refractivity contribution is -0.128. The highest BCUT2D eigenvalue weighted by molar-refractivity contribution is 7.85. The normalized spacial score (nSPS) is 21.1. The van der Waals surface area contributed by atoms with Gasteiger partial charge in [0.25, 0.3) is 10.1 Å². The first-order valence-corrected chi connectivity index (χ1v) is 9.39. The fourth-order valence-corrected chi connectivity index (χ4v) is 3.16. The zero-order chi connectivity index (χ0) is 17.7. The van der Waals surface area contributed by atoms with Crippen molar-refractivity contribution < 1.29 is 22.2 Å². The summed E-state index contributed by atoms with van der Waals surface area (Å²) in [6.07, 6.45) is 4.77. The third-order valence-electron chi connectivity index (χ3n) is 3.87.